The molecule has 0 spiro atoms. The van der Waals surface area contributed by atoms with E-state index < -0.39 is 0 Å². The number of nitrogens with zero attached hydrogens (tertiary/aromatic N) is 2. The topological polar surface area (TPSA) is 51.0 Å². The van der Waals surface area contributed by atoms with E-state index in [-0.39, 0.29) is 0 Å². The van der Waals surface area contributed by atoms with Crippen molar-refractivity contribution >= 4 is 0 Å². The first-order valence-corrected chi connectivity index (χ1v) is 5.68. The van der Waals surface area contributed by atoms with E-state index >= 15 is 0 Å². The molecule has 1 aromatic rings. The molecule has 0 fully saturated rings. The first kappa shape index (κ1) is 12.2. The molecule has 0 radical (unpaired) electrons. The molecule has 0 saturated carbocycles. The average Bonchev–Trinajstić information content (AvgIpc) is 2.57. The van der Waals surface area contributed by atoms with Gasteiger partial charge in [-0.25, -0.2) is 0 Å². The van der Waals surface area contributed by atoms with E-state index in [2.05, 4.69) is 29.3 Å². The minimum Gasteiger partial charge on any atom is -0.340 e. The molecule has 1 aromatic heterocycles. The molecule has 4 heteroatoms. The van der Waals surface area contributed by atoms with Crippen molar-refractivity contribution in [3.8, 4) is 0 Å². The van der Waals surface area contributed by atoms with E-state index in [0.29, 0.717) is 12.4 Å². The Morgan fingerprint density at radius 3 is 2.73 bits per heavy atom. The minimum atomic E-state index is 0.631. The molecule has 0 aromatic carbocycles. The molecule has 0 aliphatic rings. The van der Waals surface area contributed by atoms with E-state index in [4.69, 9.17) is 4.52 Å². The van der Waals surface area contributed by atoms with Crippen molar-refractivity contribution in [3.05, 3.63) is 11.7 Å². The lowest BCUT2D eigenvalue weighted by Gasteiger charge is -2.04. The SMILES string of the molecule is Cc1nc(CNCCCCC(C)C)no1. The fourth-order valence-electron chi connectivity index (χ4n) is 1.42. The Balaban J connectivity index is 1.98. The highest BCUT2D eigenvalue weighted by Crippen LogP contribution is 2.05. The van der Waals surface area contributed by atoms with Gasteiger partial charge in [0.2, 0.25) is 5.89 Å². The lowest BCUT2D eigenvalue weighted by Crippen LogP contribution is -2.15. The van der Waals surface area contributed by atoms with Gasteiger partial charge in [0.15, 0.2) is 5.82 Å². The molecule has 0 bridgehead atoms. The van der Waals surface area contributed by atoms with Gasteiger partial charge in [0.1, 0.15) is 0 Å². The number of aromatic nitrogens is 2. The van der Waals surface area contributed by atoms with Crippen LogP contribution in [0.1, 0.15) is 44.8 Å². The van der Waals surface area contributed by atoms with Crippen LogP contribution in [0.25, 0.3) is 0 Å². The first-order chi connectivity index (χ1) is 7.18. The van der Waals surface area contributed by atoms with Crippen molar-refractivity contribution in [1.29, 1.82) is 0 Å². The molecule has 0 aliphatic heterocycles. The highest BCUT2D eigenvalue weighted by atomic mass is 16.5. The van der Waals surface area contributed by atoms with E-state index in [0.717, 1.165) is 18.3 Å². The van der Waals surface area contributed by atoms with Gasteiger partial charge in [-0.3, -0.25) is 0 Å². The summed E-state index contributed by atoms with van der Waals surface area (Å²) >= 11 is 0. The highest BCUT2D eigenvalue weighted by Gasteiger charge is 2.00. The number of nitrogens with one attached hydrogen (secondary N) is 1. The fourth-order valence-corrected chi connectivity index (χ4v) is 1.42. The van der Waals surface area contributed by atoms with Crippen molar-refractivity contribution in [2.75, 3.05) is 6.54 Å². The third-order valence-corrected chi connectivity index (χ3v) is 2.24. The van der Waals surface area contributed by atoms with Gasteiger partial charge in [0, 0.05) is 6.92 Å². The van der Waals surface area contributed by atoms with E-state index in [1.54, 1.807) is 6.92 Å². The van der Waals surface area contributed by atoms with Crippen LogP contribution in [0.3, 0.4) is 0 Å². The summed E-state index contributed by atoms with van der Waals surface area (Å²) in [5, 5.41) is 7.12. The highest BCUT2D eigenvalue weighted by molar-refractivity contribution is 4.82. The standard InChI is InChI=1S/C11H21N3O/c1-9(2)6-4-5-7-12-8-11-13-10(3)15-14-11/h9,12H,4-8H2,1-3H3. The van der Waals surface area contributed by atoms with E-state index in [1.165, 1.54) is 19.3 Å². The molecule has 0 unspecified atom stereocenters. The van der Waals surface area contributed by atoms with Gasteiger partial charge in [-0.1, -0.05) is 31.8 Å². The Kier molecular flexibility index (Phi) is 5.32. The summed E-state index contributed by atoms with van der Waals surface area (Å²) in [5.74, 6) is 2.19. The molecule has 4 nitrogen and oxygen atoms in total. The molecule has 0 saturated heterocycles. The largest absolute Gasteiger partial charge is 0.340 e. The Hall–Kier alpha value is -0.900. The van der Waals surface area contributed by atoms with Crippen LogP contribution < -0.4 is 5.32 Å². The Morgan fingerprint density at radius 2 is 2.13 bits per heavy atom. The molecule has 0 atom stereocenters. The van der Waals surface area contributed by atoms with Crippen molar-refractivity contribution < 1.29 is 4.52 Å². The van der Waals surface area contributed by atoms with Crippen LogP contribution in [0.4, 0.5) is 0 Å². The second-order valence-electron chi connectivity index (χ2n) is 4.30. The van der Waals surface area contributed by atoms with Gasteiger partial charge in [-0.2, -0.15) is 4.98 Å². The van der Waals surface area contributed by atoms with Crippen molar-refractivity contribution in [2.24, 2.45) is 5.92 Å². The van der Waals surface area contributed by atoms with Crippen molar-refractivity contribution in [2.45, 2.75) is 46.6 Å². The molecular weight excluding hydrogens is 190 g/mol. The molecule has 1 N–H and O–H groups in total. The fraction of sp³-hybridized carbons (Fsp3) is 0.818. The van der Waals surface area contributed by atoms with Crippen LogP contribution in [0.15, 0.2) is 4.52 Å². The van der Waals surface area contributed by atoms with Gasteiger partial charge in [-0.05, 0) is 18.9 Å². The van der Waals surface area contributed by atoms with Gasteiger partial charge in [0.25, 0.3) is 0 Å². The smallest absolute Gasteiger partial charge is 0.223 e. The number of aryl methyl sites for hydroxylation is 1. The maximum Gasteiger partial charge on any atom is 0.223 e. The maximum atomic E-state index is 4.87. The van der Waals surface area contributed by atoms with Crippen molar-refractivity contribution in [1.82, 2.24) is 15.5 Å². The Bertz CT molecular complexity index is 271. The van der Waals surface area contributed by atoms with Crippen molar-refractivity contribution in [3.63, 3.8) is 0 Å². The van der Waals surface area contributed by atoms with Crippen LogP contribution in [0.5, 0.6) is 0 Å². The third-order valence-electron chi connectivity index (χ3n) is 2.24. The average molecular weight is 211 g/mol. The van der Waals surface area contributed by atoms with E-state index in [9.17, 15) is 0 Å². The Morgan fingerprint density at radius 1 is 1.33 bits per heavy atom. The molecular formula is C11H21N3O. The maximum absolute atomic E-state index is 4.87. The quantitative estimate of drug-likeness (QED) is 0.703. The minimum absolute atomic E-state index is 0.631. The zero-order valence-electron chi connectivity index (χ0n) is 9.92. The lowest BCUT2D eigenvalue weighted by molar-refractivity contribution is 0.385. The molecule has 15 heavy (non-hydrogen) atoms. The second-order valence-corrected chi connectivity index (χ2v) is 4.30. The summed E-state index contributed by atoms with van der Waals surface area (Å²) in [7, 11) is 0. The normalized spacial score (nSPS) is 11.2. The molecule has 0 amide bonds. The second kappa shape index (κ2) is 6.56. The molecule has 86 valence electrons. The monoisotopic (exact) mass is 211 g/mol. The lowest BCUT2D eigenvalue weighted by atomic mass is 10.1. The van der Waals surface area contributed by atoms with Crippen LogP contribution >= 0.6 is 0 Å². The van der Waals surface area contributed by atoms with Gasteiger partial charge >= 0.3 is 0 Å². The van der Waals surface area contributed by atoms with E-state index in [1.807, 2.05) is 0 Å². The zero-order chi connectivity index (χ0) is 11.1. The van der Waals surface area contributed by atoms with Gasteiger partial charge < -0.3 is 9.84 Å². The predicted molar refractivity (Wildman–Crippen MR) is 59.4 cm³/mol. The van der Waals surface area contributed by atoms with Crippen LogP contribution in [0, 0.1) is 12.8 Å². The zero-order valence-corrected chi connectivity index (χ0v) is 9.92. The summed E-state index contributed by atoms with van der Waals surface area (Å²) in [4.78, 5) is 4.12. The molecule has 1 rings (SSSR count). The van der Waals surface area contributed by atoms with Gasteiger partial charge in [0.05, 0.1) is 6.54 Å². The molecule has 1 heterocycles. The van der Waals surface area contributed by atoms with Gasteiger partial charge in [-0.15, -0.1) is 0 Å². The summed E-state index contributed by atoms with van der Waals surface area (Å²) in [5.41, 5.74) is 0. The Labute approximate surface area is 91.5 Å². The number of rotatable bonds is 7. The number of unbranched alkanes of at least 4 members (excludes halogenated alkanes) is 1. The number of hydrogen-bond acceptors (Lipinski definition) is 4. The van der Waals surface area contributed by atoms with Crippen LogP contribution in [-0.2, 0) is 6.54 Å². The number of hydrogen-bond donors (Lipinski definition) is 1. The first-order valence-electron chi connectivity index (χ1n) is 5.68. The third kappa shape index (κ3) is 5.52. The van der Waals surface area contributed by atoms with Crippen LogP contribution in [-0.4, -0.2) is 16.7 Å². The summed E-state index contributed by atoms with van der Waals surface area (Å²) in [6.07, 6.45) is 3.81. The summed E-state index contributed by atoms with van der Waals surface area (Å²) in [6.45, 7) is 8.06. The predicted octanol–water partition coefficient (Wildman–Crippen LogP) is 2.29. The summed E-state index contributed by atoms with van der Waals surface area (Å²) < 4.78 is 4.87. The molecule has 0 aliphatic carbocycles. The summed E-state index contributed by atoms with van der Waals surface area (Å²) in [6, 6.07) is 0. The van der Waals surface area contributed by atoms with Crippen LogP contribution in [0.2, 0.25) is 0 Å².